The van der Waals surface area contributed by atoms with Crippen LogP contribution in [0.4, 0.5) is 5.69 Å². The van der Waals surface area contributed by atoms with Gasteiger partial charge < -0.3 is 26.0 Å². The molecule has 39 heavy (non-hydrogen) atoms. The van der Waals surface area contributed by atoms with E-state index in [1.54, 1.807) is 0 Å². The molecule has 210 valence electrons. The maximum atomic E-state index is 12.7. The normalized spacial score (nSPS) is 13.5. The van der Waals surface area contributed by atoms with Gasteiger partial charge in [-0.2, -0.15) is 0 Å². The van der Waals surface area contributed by atoms with Gasteiger partial charge in [-0.25, -0.2) is 8.42 Å². The maximum absolute atomic E-state index is 12.7. The average Bonchev–Trinajstić information content (AvgIpc) is 2.87. The van der Waals surface area contributed by atoms with E-state index in [4.69, 9.17) is 0 Å². The number of aliphatic hydroxyl groups is 2. The van der Waals surface area contributed by atoms with E-state index in [9.17, 15) is 28.5 Å². The summed E-state index contributed by atoms with van der Waals surface area (Å²) in [4.78, 5) is 12.7. The van der Waals surface area contributed by atoms with Crippen molar-refractivity contribution < 1.29 is 28.5 Å². The molecule has 0 radical (unpaired) electrons. The molecule has 0 unspecified atom stereocenters. The Balaban J connectivity index is 1.58. The highest BCUT2D eigenvalue weighted by molar-refractivity contribution is 7.92. The van der Waals surface area contributed by atoms with Gasteiger partial charge in [0.2, 0.25) is 15.9 Å². The first kappa shape index (κ1) is 30.1. The van der Waals surface area contributed by atoms with Crippen LogP contribution in [0.3, 0.4) is 0 Å². The lowest BCUT2D eigenvalue weighted by molar-refractivity contribution is -0.121. The van der Waals surface area contributed by atoms with Gasteiger partial charge >= 0.3 is 0 Å². The molecule has 0 aliphatic heterocycles. The van der Waals surface area contributed by atoms with Crippen LogP contribution in [0.1, 0.15) is 48.2 Å². The second-order valence-electron chi connectivity index (χ2n) is 10.3. The van der Waals surface area contributed by atoms with Crippen LogP contribution < -0.4 is 15.4 Å². The summed E-state index contributed by atoms with van der Waals surface area (Å²) in [6, 6.07) is 20.9. The van der Waals surface area contributed by atoms with Crippen molar-refractivity contribution in [1.29, 1.82) is 0 Å². The number of phenols is 1. The Morgan fingerprint density at radius 3 is 2.31 bits per heavy atom. The lowest BCUT2D eigenvalue weighted by Gasteiger charge is -2.28. The first-order chi connectivity index (χ1) is 18.3. The summed E-state index contributed by atoms with van der Waals surface area (Å²) in [5, 5.41) is 36.6. The van der Waals surface area contributed by atoms with E-state index in [1.807, 2.05) is 68.4 Å². The SMILES string of the molecule is CC(C)(Cc1cccc(CC(=O)N[C@@H](CO)c2ccccc2)c1)NC[C@@H](O)c1ccc(O)c(NS(C)(=O)=O)c1. The number of aliphatic hydroxyl groups excluding tert-OH is 2. The first-order valence-electron chi connectivity index (χ1n) is 12.6. The fraction of sp³-hybridized carbons (Fsp3) is 0.345. The standard InChI is InChI=1S/C29H37N3O6S/c1-29(2,30-18-27(35)23-12-13-26(34)24(16-23)32-39(3,37)38)17-21-9-7-8-20(14-21)15-28(36)31-25(19-33)22-10-5-4-6-11-22/h4-14,16,25,27,30,32-35H,15,17-19H2,1-3H3,(H,31,36)/t25-,27+/m0/s1. The van der Waals surface area contributed by atoms with Gasteiger partial charge in [-0.3, -0.25) is 9.52 Å². The minimum atomic E-state index is -3.59. The first-order valence-corrected chi connectivity index (χ1v) is 14.5. The van der Waals surface area contributed by atoms with E-state index in [0.29, 0.717) is 12.0 Å². The molecule has 9 nitrogen and oxygen atoms in total. The van der Waals surface area contributed by atoms with Gasteiger partial charge in [0, 0.05) is 12.1 Å². The van der Waals surface area contributed by atoms with Crippen molar-refractivity contribution in [3.8, 4) is 5.75 Å². The molecule has 0 aliphatic carbocycles. The van der Waals surface area contributed by atoms with E-state index in [1.165, 1.54) is 18.2 Å². The van der Waals surface area contributed by atoms with Gasteiger partial charge in [-0.05, 0) is 54.7 Å². The number of carbonyl (C=O) groups is 1. The van der Waals surface area contributed by atoms with Crippen molar-refractivity contribution in [2.24, 2.45) is 0 Å². The summed E-state index contributed by atoms with van der Waals surface area (Å²) in [5.74, 6) is -0.417. The number of anilines is 1. The molecule has 10 heteroatoms. The van der Waals surface area contributed by atoms with Crippen molar-refractivity contribution in [2.45, 2.75) is 44.4 Å². The minimum Gasteiger partial charge on any atom is -0.506 e. The highest BCUT2D eigenvalue weighted by Crippen LogP contribution is 2.28. The average molecular weight is 556 g/mol. The zero-order chi connectivity index (χ0) is 28.6. The van der Waals surface area contributed by atoms with Crippen LogP contribution >= 0.6 is 0 Å². The minimum absolute atomic E-state index is 0.00300. The number of aromatic hydroxyl groups is 1. The van der Waals surface area contributed by atoms with Gasteiger partial charge in [-0.1, -0.05) is 60.7 Å². The van der Waals surface area contributed by atoms with Crippen LogP contribution in [0.15, 0.2) is 72.8 Å². The van der Waals surface area contributed by atoms with Crippen molar-refractivity contribution in [3.05, 3.63) is 95.1 Å². The Bertz CT molecular complexity index is 1360. The maximum Gasteiger partial charge on any atom is 0.229 e. The second-order valence-corrected chi connectivity index (χ2v) is 12.1. The van der Waals surface area contributed by atoms with Gasteiger partial charge in [0.05, 0.1) is 37.1 Å². The molecule has 6 N–H and O–H groups in total. The van der Waals surface area contributed by atoms with Crippen LogP contribution in [0.2, 0.25) is 0 Å². The van der Waals surface area contributed by atoms with E-state index in [-0.39, 0.29) is 36.9 Å². The molecule has 0 aliphatic rings. The summed E-state index contributed by atoms with van der Waals surface area (Å²) in [6.07, 6.45) is 0.838. The van der Waals surface area contributed by atoms with Gasteiger partial charge in [-0.15, -0.1) is 0 Å². The van der Waals surface area contributed by atoms with E-state index in [2.05, 4.69) is 15.4 Å². The highest BCUT2D eigenvalue weighted by atomic mass is 32.2. The number of β-amino-alcohol motifs (C(OH)–C–C–N with tert-alkyl or cyclic N) is 1. The summed E-state index contributed by atoms with van der Waals surface area (Å²) in [6.45, 7) is 4.00. The van der Waals surface area contributed by atoms with E-state index >= 15 is 0 Å². The Morgan fingerprint density at radius 1 is 0.949 bits per heavy atom. The predicted octanol–water partition coefficient (Wildman–Crippen LogP) is 2.80. The van der Waals surface area contributed by atoms with Crippen molar-refractivity contribution >= 4 is 21.6 Å². The van der Waals surface area contributed by atoms with Crippen LogP contribution in [0.25, 0.3) is 0 Å². The largest absolute Gasteiger partial charge is 0.506 e. The predicted molar refractivity (Wildman–Crippen MR) is 152 cm³/mol. The number of benzene rings is 3. The number of carbonyl (C=O) groups excluding carboxylic acids is 1. The lowest BCUT2D eigenvalue weighted by atomic mass is 9.93. The Morgan fingerprint density at radius 2 is 1.64 bits per heavy atom. The third-order valence-corrected chi connectivity index (χ3v) is 6.79. The number of hydrogen-bond acceptors (Lipinski definition) is 7. The molecule has 3 aromatic rings. The lowest BCUT2D eigenvalue weighted by Crippen LogP contribution is -2.43. The number of hydrogen-bond donors (Lipinski definition) is 6. The monoisotopic (exact) mass is 555 g/mol. The molecule has 1 amide bonds. The fourth-order valence-corrected chi connectivity index (χ4v) is 4.87. The molecule has 0 heterocycles. The van der Waals surface area contributed by atoms with Crippen molar-refractivity contribution in [3.63, 3.8) is 0 Å². The molecule has 3 aromatic carbocycles. The van der Waals surface area contributed by atoms with Crippen LogP contribution in [0, 0.1) is 0 Å². The number of phenolic OH excluding ortho intramolecular Hbond substituents is 1. The zero-order valence-electron chi connectivity index (χ0n) is 22.4. The molecule has 0 fully saturated rings. The van der Waals surface area contributed by atoms with Crippen LogP contribution in [-0.2, 0) is 27.7 Å². The van der Waals surface area contributed by atoms with Gasteiger partial charge in [0.15, 0.2) is 0 Å². The molecule has 0 saturated carbocycles. The molecule has 0 spiro atoms. The van der Waals surface area contributed by atoms with E-state index < -0.39 is 27.7 Å². The molecular formula is C29H37N3O6S. The molecule has 0 saturated heterocycles. The third kappa shape index (κ3) is 9.67. The Labute approximate surface area is 230 Å². The molecular weight excluding hydrogens is 518 g/mol. The van der Waals surface area contributed by atoms with E-state index in [0.717, 1.165) is 22.9 Å². The number of amides is 1. The number of rotatable bonds is 13. The Kier molecular flexibility index (Phi) is 10.1. The smallest absolute Gasteiger partial charge is 0.229 e. The summed E-state index contributed by atoms with van der Waals surface area (Å²) < 4.78 is 25.3. The highest BCUT2D eigenvalue weighted by Gasteiger charge is 2.21. The van der Waals surface area contributed by atoms with Gasteiger partial charge in [0.25, 0.3) is 0 Å². The number of nitrogens with one attached hydrogen (secondary N) is 3. The molecule has 0 bridgehead atoms. The third-order valence-electron chi connectivity index (χ3n) is 6.20. The molecule has 2 atom stereocenters. The van der Waals surface area contributed by atoms with Crippen molar-refractivity contribution in [1.82, 2.24) is 10.6 Å². The molecule has 3 rings (SSSR count). The quantitative estimate of drug-likeness (QED) is 0.178. The topological polar surface area (TPSA) is 148 Å². The summed E-state index contributed by atoms with van der Waals surface area (Å²) >= 11 is 0. The van der Waals surface area contributed by atoms with Crippen LogP contribution in [0.5, 0.6) is 5.75 Å². The second kappa shape index (κ2) is 13.1. The van der Waals surface area contributed by atoms with Gasteiger partial charge in [0.1, 0.15) is 5.75 Å². The fourth-order valence-electron chi connectivity index (χ4n) is 4.31. The van der Waals surface area contributed by atoms with Crippen molar-refractivity contribution in [2.75, 3.05) is 24.1 Å². The zero-order valence-corrected chi connectivity index (χ0v) is 23.2. The summed E-state index contributed by atoms with van der Waals surface area (Å²) in [7, 11) is -3.59. The Hall–Kier alpha value is -3.44. The number of sulfonamides is 1. The summed E-state index contributed by atoms with van der Waals surface area (Å²) in [5.41, 5.74) is 2.74. The molecule has 0 aromatic heterocycles. The van der Waals surface area contributed by atoms with Crippen LogP contribution in [-0.4, -0.2) is 54.6 Å².